The van der Waals surface area contributed by atoms with E-state index < -0.39 is 0 Å². The Morgan fingerprint density at radius 3 is 2.74 bits per heavy atom. The summed E-state index contributed by atoms with van der Waals surface area (Å²) in [6.07, 6.45) is 0.814. The third kappa shape index (κ3) is 4.83. The Kier molecular flexibility index (Phi) is 6.69. The number of benzene rings is 1. The normalized spacial score (nSPS) is 20.1. The van der Waals surface area contributed by atoms with Gasteiger partial charge in [-0.1, -0.05) is 6.07 Å². The van der Waals surface area contributed by atoms with Crippen molar-refractivity contribution in [2.75, 3.05) is 32.8 Å². The van der Waals surface area contributed by atoms with E-state index in [0.717, 1.165) is 38.2 Å². The highest BCUT2D eigenvalue weighted by atomic mass is 16.5. The lowest BCUT2D eigenvalue weighted by Crippen LogP contribution is -2.55. The molecule has 0 unspecified atom stereocenters. The molecule has 130 valence electrons. The average Bonchev–Trinajstić information content (AvgIpc) is 2.51. The van der Waals surface area contributed by atoms with Crippen molar-refractivity contribution in [3.63, 3.8) is 0 Å². The average molecular weight is 322 g/mol. The van der Waals surface area contributed by atoms with Crippen LogP contribution in [0.15, 0.2) is 18.2 Å². The third-order valence-corrected chi connectivity index (χ3v) is 4.47. The zero-order valence-electron chi connectivity index (χ0n) is 14.5. The first kappa shape index (κ1) is 18.0. The van der Waals surface area contributed by atoms with Gasteiger partial charge >= 0.3 is 0 Å². The van der Waals surface area contributed by atoms with Crippen molar-refractivity contribution in [1.82, 2.24) is 9.80 Å². The highest BCUT2D eigenvalue weighted by molar-refractivity contribution is 5.41. The van der Waals surface area contributed by atoms with Crippen molar-refractivity contribution >= 4 is 0 Å². The van der Waals surface area contributed by atoms with Crippen LogP contribution >= 0.6 is 0 Å². The van der Waals surface area contributed by atoms with Crippen LogP contribution in [0.4, 0.5) is 0 Å². The molecule has 0 bridgehead atoms. The van der Waals surface area contributed by atoms with E-state index in [1.54, 1.807) is 6.07 Å². The number of rotatable bonds is 7. The molecule has 1 fully saturated rings. The van der Waals surface area contributed by atoms with E-state index in [1.165, 1.54) is 0 Å². The summed E-state index contributed by atoms with van der Waals surface area (Å²) in [5.41, 5.74) is 1.15. The topological polar surface area (TPSA) is 56.2 Å². The van der Waals surface area contributed by atoms with Gasteiger partial charge in [-0.3, -0.25) is 9.80 Å². The fourth-order valence-corrected chi connectivity index (χ4v) is 3.35. The van der Waals surface area contributed by atoms with Crippen molar-refractivity contribution in [3.8, 4) is 11.5 Å². The van der Waals surface area contributed by atoms with Crippen molar-refractivity contribution in [2.45, 2.75) is 45.8 Å². The van der Waals surface area contributed by atoms with Gasteiger partial charge in [-0.25, -0.2) is 0 Å². The quantitative estimate of drug-likeness (QED) is 0.805. The summed E-state index contributed by atoms with van der Waals surface area (Å²) in [5.74, 6) is 0.746. The number of phenolic OH excluding ortho intramolecular Hbond substituents is 1. The number of aromatic hydroxyl groups is 1. The lowest BCUT2D eigenvalue weighted by atomic mass is 10.1. The Hall–Kier alpha value is -1.30. The van der Waals surface area contributed by atoms with Gasteiger partial charge in [0, 0.05) is 44.9 Å². The number of aliphatic hydroxyl groups is 1. The van der Waals surface area contributed by atoms with E-state index in [2.05, 4.69) is 23.6 Å². The van der Waals surface area contributed by atoms with Crippen LogP contribution in [0.3, 0.4) is 0 Å². The number of phenols is 1. The van der Waals surface area contributed by atoms with Crippen LogP contribution < -0.4 is 4.74 Å². The second-order valence-corrected chi connectivity index (χ2v) is 6.47. The highest BCUT2D eigenvalue weighted by Crippen LogP contribution is 2.28. The first-order valence-electron chi connectivity index (χ1n) is 8.58. The van der Waals surface area contributed by atoms with Crippen LogP contribution in [-0.2, 0) is 6.54 Å². The predicted molar refractivity (Wildman–Crippen MR) is 91.9 cm³/mol. The molecule has 0 saturated carbocycles. The Labute approximate surface area is 139 Å². The van der Waals surface area contributed by atoms with Gasteiger partial charge in [0.05, 0.1) is 6.61 Å². The Morgan fingerprint density at radius 1 is 1.30 bits per heavy atom. The Bertz CT molecular complexity index is 493. The van der Waals surface area contributed by atoms with Gasteiger partial charge < -0.3 is 14.9 Å². The zero-order valence-corrected chi connectivity index (χ0v) is 14.5. The van der Waals surface area contributed by atoms with E-state index in [9.17, 15) is 10.2 Å². The molecule has 0 amide bonds. The van der Waals surface area contributed by atoms with Crippen LogP contribution in [0.5, 0.6) is 11.5 Å². The molecule has 1 aromatic carbocycles. The maximum Gasteiger partial charge on any atom is 0.161 e. The number of piperazine rings is 1. The summed E-state index contributed by atoms with van der Waals surface area (Å²) in [6.45, 7) is 11.0. The monoisotopic (exact) mass is 322 g/mol. The van der Waals surface area contributed by atoms with E-state index >= 15 is 0 Å². The lowest BCUT2D eigenvalue weighted by Gasteiger charge is -2.43. The van der Waals surface area contributed by atoms with E-state index in [-0.39, 0.29) is 12.4 Å². The standard InChI is InChI=1S/C18H30N2O3/c1-4-23-18-11-15(5-6-17(18)22)12-19-8-9-20(14(2)3)16(13-19)7-10-21/h5-6,11,14,16,21-22H,4,7-10,12-13H2,1-3H3/t16-/m0/s1. The SMILES string of the molecule is CCOc1cc(CN2CCN(C(C)C)[C@@H](CCO)C2)ccc1O. The largest absolute Gasteiger partial charge is 0.504 e. The van der Waals surface area contributed by atoms with Crippen molar-refractivity contribution in [3.05, 3.63) is 23.8 Å². The van der Waals surface area contributed by atoms with E-state index in [0.29, 0.717) is 24.4 Å². The molecule has 5 nitrogen and oxygen atoms in total. The minimum Gasteiger partial charge on any atom is -0.504 e. The molecule has 1 saturated heterocycles. The first-order chi connectivity index (χ1) is 11.0. The van der Waals surface area contributed by atoms with Crippen LogP contribution in [0.2, 0.25) is 0 Å². The van der Waals surface area contributed by atoms with Gasteiger partial charge in [-0.05, 0) is 44.9 Å². The summed E-state index contributed by atoms with van der Waals surface area (Å²) in [5, 5.41) is 19.1. The molecule has 1 heterocycles. The second kappa shape index (κ2) is 8.52. The molecule has 1 atom stereocenters. The number of aliphatic hydroxyl groups excluding tert-OH is 1. The smallest absolute Gasteiger partial charge is 0.161 e. The molecular formula is C18H30N2O3. The van der Waals surface area contributed by atoms with Gasteiger partial charge in [0.1, 0.15) is 0 Å². The van der Waals surface area contributed by atoms with Gasteiger partial charge in [-0.2, -0.15) is 0 Å². The fraction of sp³-hybridized carbons (Fsp3) is 0.667. The van der Waals surface area contributed by atoms with Crippen LogP contribution in [0.1, 0.15) is 32.8 Å². The Balaban J connectivity index is 2.02. The summed E-state index contributed by atoms with van der Waals surface area (Å²) in [6, 6.07) is 6.49. The van der Waals surface area contributed by atoms with Gasteiger partial charge in [0.25, 0.3) is 0 Å². The molecule has 0 radical (unpaired) electrons. The van der Waals surface area contributed by atoms with Crippen molar-refractivity contribution in [2.24, 2.45) is 0 Å². The summed E-state index contributed by atoms with van der Waals surface area (Å²) >= 11 is 0. The van der Waals surface area contributed by atoms with Crippen LogP contribution in [0, 0.1) is 0 Å². The van der Waals surface area contributed by atoms with E-state index in [4.69, 9.17) is 4.74 Å². The minimum atomic E-state index is 0.193. The predicted octanol–water partition coefficient (Wildman–Crippen LogP) is 2.07. The molecule has 5 heteroatoms. The summed E-state index contributed by atoms with van der Waals surface area (Å²) < 4.78 is 5.46. The number of ether oxygens (including phenoxy) is 1. The van der Waals surface area contributed by atoms with Crippen molar-refractivity contribution in [1.29, 1.82) is 0 Å². The molecule has 1 aliphatic heterocycles. The van der Waals surface area contributed by atoms with Gasteiger partial charge in [-0.15, -0.1) is 0 Å². The van der Waals surface area contributed by atoms with Crippen LogP contribution in [-0.4, -0.2) is 64.9 Å². The van der Waals surface area contributed by atoms with E-state index in [1.807, 2.05) is 19.1 Å². The van der Waals surface area contributed by atoms with Gasteiger partial charge in [0.2, 0.25) is 0 Å². The molecule has 2 N–H and O–H groups in total. The zero-order chi connectivity index (χ0) is 16.8. The number of hydrogen-bond donors (Lipinski definition) is 2. The van der Waals surface area contributed by atoms with Crippen molar-refractivity contribution < 1.29 is 14.9 Å². The minimum absolute atomic E-state index is 0.193. The molecule has 1 aromatic rings. The number of nitrogens with zero attached hydrogens (tertiary/aromatic N) is 2. The Morgan fingerprint density at radius 2 is 2.09 bits per heavy atom. The summed E-state index contributed by atoms with van der Waals surface area (Å²) in [4.78, 5) is 4.90. The first-order valence-corrected chi connectivity index (χ1v) is 8.58. The molecule has 23 heavy (non-hydrogen) atoms. The molecule has 0 aromatic heterocycles. The lowest BCUT2D eigenvalue weighted by molar-refractivity contribution is 0.0349. The maximum absolute atomic E-state index is 9.81. The van der Waals surface area contributed by atoms with Gasteiger partial charge in [0.15, 0.2) is 11.5 Å². The molecule has 2 rings (SSSR count). The molecular weight excluding hydrogens is 292 g/mol. The summed E-state index contributed by atoms with van der Waals surface area (Å²) in [7, 11) is 0. The third-order valence-electron chi connectivity index (χ3n) is 4.47. The fourth-order valence-electron chi connectivity index (χ4n) is 3.35. The molecule has 1 aliphatic rings. The van der Waals surface area contributed by atoms with Crippen LogP contribution in [0.25, 0.3) is 0 Å². The molecule has 0 spiro atoms. The second-order valence-electron chi connectivity index (χ2n) is 6.47. The number of hydrogen-bond acceptors (Lipinski definition) is 5. The molecule has 0 aliphatic carbocycles. The maximum atomic E-state index is 9.81. The highest BCUT2D eigenvalue weighted by Gasteiger charge is 2.28.